The molecule has 1 aliphatic rings. The zero-order valence-electron chi connectivity index (χ0n) is 14.2. The van der Waals surface area contributed by atoms with E-state index in [2.05, 4.69) is 20.0 Å². The van der Waals surface area contributed by atoms with E-state index in [9.17, 15) is 13.2 Å². The summed E-state index contributed by atoms with van der Waals surface area (Å²) in [5.74, 6) is -0.283. The molecule has 1 atom stereocenters. The number of piperazine rings is 1. The zero-order valence-corrected chi connectivity index (χ0v) is 15.8. The van der Waals surface area contributed by atoms with Gasteiger partial charge in [-0.25, -0.2) is 18.1 Å². The number of aryl methyl sites for hydroxylation is 1. The Morgan fingerprint density at radius 2 is 2.27 bits per heavy atom. The number of carbonyl (C=O) groups excluding carboxylic acids is 1. The summed E-state index contributed by atoms with van der Waals surface area (Å²) >= 11 is 0. The van der Waals surface area contributed by atoms with Crippen molar-refractivity contribution in [2.75, 3.05) is 26.2 Å². The first-order valence-corrected chi connectivity index (χ1v) is 9.33. The van der Waals surface area contributed by atoms with Gasteiger partial charge in [-0.3, -0.25) is 9.78 Å². The third-order valence-electron chi connectivity index (χ3n) is 4.00. The second-order valence-electron chi connectivity index (χ2n) is 5.80. The number of hydrogen-bond donors (Lipinski definition) is 2. The third-order valence-corrected chi connectivity index (χ3v) is 5.29. The normalized spacial score (nSPS) is 17.6. The molecule has 3 rings (SSSR count). The van der Waals surface area contributed by atoms with Gasteiger partial charge >= 0.3 is 0 Å². The van der Waals surface area contributed by atoms with Crippen molar-refractivity contribution in [1.29, 1.82) is 0 Å². The van der Waals surface area contributed by atoms with E-state index in [0.717, 1.165) is 5.56 Å². The smallest absolute Gasteiger partial charge is 0.260 e. The van der Waals surface area contributed by atoms with Gasteiger partial charge in [-0.05, 0) is 11.6 Å². The minimum atomic E-state index is -3.81. The Morgan fingerprint density at radius 1 is 1.46 bits per heavy atom. The summed E-state index contributed by atoms with van der Waals surface area (Å²) in [4.78, 5) is 22.2. The number of halogens is 1. The molecule has 26 heavy (non-hydrogen) atoms. The van der Waals surface area contributed by atoms with Gasteiger partial charge in [-0.1, -0.05) is 6.07 Å². The molecule has 1 unspecified atom stereocenters. The Morgan fingerprint density at radius 3 is 2.92 bits per heavy atom. The molecule has 1 fully saturated rings. The first kappa shape index (κ1) is 20.3. The molecule has 0 radical (unpaired) electrons. The lowest BCUT2D eigenvalue weighted by Crippen LogP contribution is -2.51. The largest absolute Gasteiger partial charge is 0.339 e. The molecule has 142 valence electrons. The minimum Gasteiger partial charge on any atom is -0.339 e. The van der Waals surface area contributed by atoms with E-state index >= 15 is 0 Å². The van der Waals surface area contributed by atoms with Crippen molar-refractivity contribution in [2.45, 2.75) is 11.1 Å². The fraction of sp³-hybridized carbons (Fsp3) is 0.400. The van der Waals surface area contributed by atoms with Gasteiger partial charge in [0.15, 0.2) is 5.03 Å². The second-order valence-corrected chi connectivity index (χ2v) is 7.51. The molecule has 2 N–H and O–H groups in total. The first-order chi connectivity index (χ1) is 12.0. The van der Waals surface area contributed by atoms with Crippen LogP contribution in [0.2, 0.25) is 0 Å². The minimum absolute atomic E-state index is 0. The van der Waals surface area contributed by atoms with E-state index in [0.29, 0.717) is 19.6 Å². The standard InChI is InChI=1S/C15H20N6O3S.ClH/c1-20-10-14(18-11-20)25(23,24)19-9-15(22)21-6-5-17-8-13(21)12-3-2-4-16-7-12;/h2-4,7,10-11,13,17,19H,5-6,8-9H2,1H3;1H. The van der Waals surface area contributed by atoms with Crippen LogP contribution < -0.4 is 10.0 Å². The van der Waals surface area contributed by atoms with Crippen molar-refractivity contribution in [3.8, 4) is 0 Å². The van der Waals surface area contributed by atoms with Crippen LogP contribution in [0.25, 0.3) is 0 Å². The summed E-state index contributed by atoms with van der Waals surface area (Å²) in [6.07, 6.45) is 6.17. The van der Waals surface area contributed by atoms with Gasteiger partial charge < -0.3 is 14.8 Å². The van der Waals surface area contributed by atoms with Crippen LogP contribution in [-0.2, 0) is 21.9 Å². The summed E-state index contributed by atoms with van der Waals surface area (Å²) in [6.45, 7) is 1.46. The lowest BCUT2D eigenvalue weighted by molar-refractivity contribution is -0.133. The fourth-order valence-corrected chi connectivity index (χ4v) is 3.69. The molecule has 0 spiro atoms. The van der Waals surface area contributed by atoms with Gasteiger partial charge in [-0.15, -0.1) is 12.4 Å². The maximum absolute atomic E-state index is 12.6. The highest BCUT2D eigenvalue weighted by molar-refractivity contribution is 7.89. The van der Waals surface area contributed by atoms with E-state index in [1.54, 1.807) is 24.3 Å². The number of amides is 1. The van der Waals surface area contributed by atoms with Crippen LogP contribution in [0.1, 0.15) is 11.6 Å². The number of imidazole rings is 1. The molecule has 0 aromatic carbocycles. The maximum atomic E-state index is 12.6. The van der Waals surface area contributed by atoms with Crippen molar-refractivity contribution < 1.29 is 13.2 Å². The number of pyridine rings is 1. The SMILES string of the molecule is Cl.Cn1cnc(S(=O)(=O)NCC(=O)N2CCNCC2c2cccnc2)c1. The van der Waals surface area contributed by atoms with Crippen LogP contribution in [0.5, 0.6) is 0 Å². The van der Waals surface area contributed by atoms with Crippen LogP contribution in [-0.4, -0.2) is 59.9 Å². The van der Waals surface area contributed by atoms with Crippen molar-refractivity contribution >= 4 is 28.3 Å². The molecule has 11 heteroatoms. The average Bonchev–Trinajstić information content (AvgIpc) is 3.08. The molecule has 2 aromatic heterocycles. The molecule has 9 nitrogen and oxygen atoms in total. The van der Waals surface area contributed by atoms with Crippen LogP contribution in [0, 0.1) is 0 Å². The summed E-state index contributed by atoms with van der Waals surface area (Å²) in [7, 11) is -2.14. The van der Waals surface area contributed by atoms with Gasteiger partial charge in [0.2, 0.25) is 5.91 Å². The lowest BCUT2D eigenvalue weighted by atomic mass is 10.1. The molecule has 1 aliphatic heterocycles. The highest BCUT2D eigenvalue weighted by Crippen LogP contribution is 2.21. The number of nitrogens with one attached hydrogen (secondary N) is 2. The van der Waals surface area contributed by atoms with Crippen LogP contribution in [0.4, 0.5) is 0 Å². The average molecular weight is 401 g/mol. The van der Waals surface area contributed by atoms with Gasteiger partial charge in [0.25, 0.3) is 10.0 Å². The molecule has 3 heterocycles. The molecule has 1 saturated heterocycles. The fourth-order valence-electron chi connectivity index (χ4n) is 2.73. The number of carbonyl (C=O) groups is 1. The number of aromatic nitrogens is 3. The zero-order chi connectivity index (χ0) is 17.9. The monoisotopic (exact) mass is 400 g/mol. The molecular weight excluding hydrogens is 380 g/mol. The molecule has 0 aliphatic carbocycles. The van der Waals surface area contributed by atoms with E-state index in [1.807, 2.05) is 12.1 Å². The summed E-state index contributed by atoms with van der Waals surface area (Å²) < 4.78 is 28.3. The van der Waals surface area contributed by atoms with E-state index in [4.69, 9.17) is 0 Å². The second kappa shape index (κ2) is 8.58. The summed E-state index contributed by atoms with van der Waals surface area (Å²) in [5.41, 5.74) is 0.913. The Hall–Kier alpha value is -2.01. The van der Waals surface area contributed by atoms with E-state index in [1.165, 1.54) is 17.1 Å². The summed E-state index contributed by atoms with van der Waals surface area (Å²) in [5, 5.41) is 3.14. The van der Waals surface area contributed by atoms with Crippen molar-refractivity contribution in [3.05, 3.63) is 42.6 Å². The number of sulfonamides is 1. The van der Waals surface area contributed by atoms with E-state index < -0.39 is 10.0 Å². The molecular formula is C15H21ClN6O3S. The highest BCUT2D eigenvalue weighted by Gasteiger charge is 2.29. The quantitative estimate of drug-likeness (QED) is 0.712. The highest BCUT2D eigenvalue weighted by atomic mass is 35.5. The Bertz CT molecular complexity index is 842. The number of hydrogen-bond acceptors (Lipinski definition) is 6. The first-order valence-electron chi connectivity index (χ1n) is 7.85. The van der Waals surface area contributed by atoms with Gasteiger partial charge in [0, 0.05) is 45.3 Å². The predicted octanol–water partition coefficient (Wildman–Crippen LogP) is -0.312. The Balaban J connectivity index is 0.00000243. The van der Waals surface area contributed by atoms with Crippen LogP contribution in [0.15, 0.2) is 42.1 Å². The molecule has 0 saturated carbocycles. The predicted molar refractivity (Wildman–Crippen MR) is 97.2 cm³/mol. The van der Waals surface area contributed by atoms with Crippen molar-refractivity contribution in [1.82, 2.24) is 29.5 Å². The van der Waals surface area contributed by atoms with Crippen molar-refractivity contribution in [3.63, 3.8) is 0 Å². The van der Waals surface area contributed by atoms with Crippen molar-refractivity contribution in [2.24, 2.45) is 7.05 Å². The Labute approximate surface area is 158 Å². The van der Waals surface area contributed by atoms with Gasteiger partial charge in [-0.2, -0.15) is 0 Å². The lowest BCUT2D eigenvalue weighted by Gasteiger charge is -2.36. The van der Waals surface area contributed by atoms with Crippen LogP contribution >= 0.6 is 12.4 Å². The molecule has 2 aromatic rings. The number of rotatable bonds is 5. The maximum Gasteiger partial charge on any atom is 0.260 e. The summed E-state index contributed by atoms with van der Waals surface area (Å²) in [6, 6.07) is 3.55. The number of nitrogens with zero attached hydrogens (tertiary/aromatic N) is 4. The topological polar surface area (TPSA) is 109 Å². The van der Waals surface area contributed by atoms with Gasteiger partial charge in [0.1, 0.15) is 0 Å². The molecule has 1 amide bonds. The third kappa shape index (κ3) is 4.58. The molecule has 0 bridgehead atoms. The van der Waals surface area contributed by atoms with E-state index in [-0.39, 0.29) is 35.9 Å². The van der Waals surface area contributed by atoms with Gasteiger partial charge in [0.05, 0.1) is 18.9 Å². The van der Waals surface area contributed by atoms with Crippen LogP contribution in [0.3, 0.4) is 0 Å². The Kier molecular flexibility index (Phi) is 6.70.